The van der Waals surface area contributed by atoms with Crippen molar-refractivity contribution in [2.75, 3.05) is 0 Å². The SMILES string of the molecule is Cn1cc2ccc(=O)c(N=Nc3ccc(N=Nc4ccccc4)cc3)c-2n1C. The molecule has 2 aliphatic rings. The van der Waals surface area contributed by atoms with E-state index >= 15 is 0 Å². The lowest BCUT2D eigenvalue weighted by Crippen LogP contribution is -2.06. The Balaban J connectivity index is 1.58. The lowest BCUT2D eigenvalue weighted by Gasteiger charge is -2.05. The highest BCUT2D eigenvalue weighted by Crippen LogP contribution is 2.30. The summed E-state index contributed by atoms with van der Waals surface area (Å²) in [7, 11) is 3.79. The zero-order chi connectivity index (χ0) is 19.5. The van der Waals surface area contributed by atoms with Crippen molar-refractivity contribution in [1.82, 2.24) is 9.36 Å². The van der Waals surface area contributed by atoms with E-state index < -0.39 is 0 Å². The normalized spacial score (nSPS) is 11.8. The van der Waals surface area contributed by atoms with E-state index in [0.717, 1.165) is 16.9 Å². The molecule has 4 rings (SSSR count). The highest BCUT2D eigenvalue weighted by atomic mass is 16.1. The predicted octanol–water partition coefficient (Wildman–Crippen LogP) is 5.66. The summed E-state index contributed by atoms with van der Waals surface area (Å²) in [6.45, 7) is 0. The van der Waals surface area contributed by atoms with E-state index in [9.17, 15) is 4.79 Å². The van der Waals surface area contributed by atoms with Gasteiger partial charge in [-0.1, -0.05) is 18.2 Å². The lowest BCUT2D eigenvalue weighted by atomic mass is 10.1. The lowest BCUT2D eigenvalue weighted by molar-refractivity contribution is 0.603. The number of aromatic nitrogens is 2. The van der Waals surface area contributed by atoms with Crippen molar-refractivity contribution in [2.45, 2.75) is 0 Å². The van der Waals surface area contributed by atoms with Gasteiger partial charge in [-0.2, -0.15) is 15.3 Å². The summed E-state index contributed by atoms with van der Waals surface area (Å²) >= 11 is 0. The molecule has 0 fully saturated rings. The highest BCUT2D eigenvalue weighted by molar-refractivity contribution is 5.73. The van der Waals surface area contributed by atoms with Gasteiger partial charge in [-0.15, -0.1) is 5.11 Å². The molecule has 0 N–H and O–H groups in total. The largest absolute Gasteiger partial charge is 0.295 e. The van der Waals surface area contributed by atoms with Crippen molar-refractivity contribution in [1.29, 1.82) is 0 Å². The third-order valence-electron chi connectivity index (χ3n) is 4.42. The van der Waals surface area contributed by atoms with Crippen molar-refractivity contribution in [3.05, 3.63) is 83.2 Å². The van der Waals surface area contributed by atoms with E-state index in [0.29, 0.717) is 17.1 Å². The number of azo groups is 2. The number of fused-ring (bicyclic) bond motifs is 1. The van der Waals surface area contributed by atoms with Crippen LogP contribution in [0.1, 0.15) is 0 Å². The third kappa shape index (κ3) is 3.50. The second-order valence-electron chi connectivity index (χ2n) is 6.33. The molecule has 1 aliphatic carbocycles. The van der Waals surface area contributed by atoms with Gasteiger partial charge in [-0.25, -0.2) is 0 Å². The monoisotopic (exact) mass is 370 g/mol. The second-order valence-corrected chi connectivity index (χ2v) is 6.33. The maximum Gasteiger partial charge on any atom is 0.208 e. The summed E-state index contributed by atoms with van der Waals surface area (Å²) in [5.41, 5.74) is 4.00. The molecule has 7 heteroatoms. The molecule has 1 heterocycles. The van der Waals surface area contributed by atoms with Gasteiger partial charge in [0.1, 0.15) is 0 Å². The quantitative estimate of drug-likeness (QED) is 0.427. The zero-order valence-corrected chi connectivity index (χ0v) is 15.5. The molecular weight excluding hydrogens is 352 g/mol. The Labute approximate surface area is 161 Å². The van der Waals surface area contributed by atoms with E-state index in [4.69, 9.17) is 0 Å². The topological polar surface area (TPSA) is 76.4 Å². The summed E-state index contributed by atoms with van der Waals surface area (Å²) < 4.78 is 3.77. The Bertz CT molecular complexity index is 1190. The van der Waals surface area contributed by atoms with E-state index in [2.05, 4.69) is 20.5 Å². The molecular formula is C21H18N6O. The molecule has 0 unspecified atom stereocenters. The molecule has 0 radical (unpaired) electrons. The second kappa shape index (κ2) is 7.40. The first-order valence-electron chi connectivity index (χ1n) is 8.76. The summed E-state index contributed by atoms with van der Waals surface area (Å²) in [4.78, 5) is 12.3. The summed E-state index contributed by atoms with van der Waals surface area (Å²) in [6.07, 6.45) is 1.94. The summed E-state index contributed by atoms with van der Waals surface area (Å²) in [5.74, 6) is 0. The van der Waals surface area contributed by atoms with Gasteiger partial charge in [-0.05, 0) is 48.5 Å². The number of hydrogen-bond donors (Lipinski definition) is 0. The fraction of sp³-hybridized carbons (Fsp3) is 0.0952. The highest BCUT2D eigenvalue weighted by Gasteiger charge is 2.16. The average Bonchev–Trinajstić information content (AvgIpc) is 3.01. The standard InChI is InChI=1S/C21H18N6O/c1-26-14-15-8-13-19(28)20(21(15)27(26)2)25-24-18-11-9-17(10-12-18)23-22-16-6-4-3-5-7-16/h3-14H,1-2H3. The fourth-order valence-corrected chi connectivity index (χ4v) is 2.87. The van der Waals surface area contributed by atoms with Gasteiger partial charge < -0.3 is 0 Å². The summed E-state index contributed by atoms with van der Waals surface area (Å²) in [5, 5.41) is 16.8. The number of hydrogen-bond acceptors (Lipinski definition) is 5. The molecule has 0 atom stereocenters. The van der Waals surface area contributed by atoms with Crippen LogP contribution in [0.3, 0.4) is 0 Å². The molecule has 2 aromatic carbocycles. The first-order valence-corrected chi connectivity index (χ1v) is 8.76. The van der Waals surface area contributed by atoms with Gasteiger partial charge in [0.2, 0.25) is 5.43 Å². The fourth-order valence-electron chi connectivity index (χ4n) is 2.87. The molecule has 28 heavy (non-hydrogen) atoms. The molecule has 0 saturated heterocycles. The van der Waals surface area contributed by atoms with Crippen molar-refractivity contribution >= 4 is 22.7 Å². The van der Waals surface area contributed by atoms with Crippen LogP contribution in [0.5, 0.6) is 0 Å². The minimum atomic E-state index is -0.161. The first-order chi connectivity index (χ1) is 13.6. The van der Waals surface area contributed by atoms with Crippen molar-refractivity contribution in [3.8, 4) is 11.3 Å². The molecule has 0 spiro atoms. The maximum absolute atomic E-state index is 12.3. The van der Waals surface area contributed by atoms with Gasteiger partial charge in [0.25, 0.3) is 0 Å². The average molecular weight is 370 g/mol. The Morgan fingerprint density at radius 2 is 1.25 bits per heavy atom. The molecule has 0 saturated carbocycles. The van der Waals surface area contributed by atoms with Crippen LogP contribution in [0.15, 0.2) is 98.2 Å². The Hall–Kier alpha value is -3.87. The van der Waals surface area contributed by atoms with E-state index in [1.165, 1.54) is 6.07 Å². The van der Waals surface area contributed by atoms with Crippen LogP contribution < -0.4 is 5.43 Å². The zero-order valence-electron chi connectivity index (χ0n) is 15.5. The predicted molar refractivity (Wildman–Crippen MR) is 109 cm³/mol. The maximum atomic E-state index is 12.3. The van der Waals surface area contributed by atoms with E-state index in [-0.39, 0.29) is 5.43 Å². The van der Waals surface area contributed by atoms with Crippen LogP contribution in [-0.2, 0) is 14.1 Å². The van der Waals surface area contributed by atoms with Gasteiger partial charge in [0.05, 0.1) is 22.8 Å². The first kappa shape index (κ1) is 17.5. The van der Waals surface area contributed by atoms with Gasteiger partial charge in [0, 0.05) is 25.9 Å². The van der Waals surface area contributed by atoms with Crippen LogP contribution in [0.2, 0.25) is 0 Å². The van der Waals surface area contributed by atoms with Crippen molar-refractivity contribution < 1.29 is 0 Å². The van der Waals surface area contributed by atoms with E-state index in [1.807, 2.05) is 72.1 Å². The van der Waals surface area contributed by atoms with Crippen LogP contribution >= 0.6 is 0 Å². The Morgan fingerprint density at radius 3 is 1.89 bits per heavy atom. The van der Waals surface area contributed by atoms with Crippen LogP contribution in [0.25, 0.3) is 11.3 Å². The minimum absolute atomic E-state index is 0.161. The minimum Gasteiger partial charge on any atom is -0.295 e. The van der Waals surface area contributed by atoms with Crippen LogP contribution in [0, 0.1) is 0 Å². The summed E-state index contributed by atoms with van der Waals surface area (Å²) in [6, 6.07) is 20.0. The molecule has 2 aromatic rings. The van der Waals surface area contributed by atoms with Gasteiger partial charge >= 0.3 is 0 Å². The van der Waals surface area contributed by atoms with Crippen molar-refractivity contribution in [2.24, 2.45) is 34.6 Å². The third-order valence-corrected chi connectivity index (χ3v) is 4.42. The van der Waals surface area contributed by atoms with Gasteiger partial charge in [0.15, 0.2) is 5.69 Å². The molecule has 0 amide bonds. The molecule has 0 aromatic heterocycles. The molecule has 7 nitrogen and oxygen atoms in total. The number of aryl methyl sites for hydroxylation is 1. The van der Waals surface area contributed by atoms with Crippen molar-refractivity contribution in [3.63, 3.8) is 0 Å². The Morgan fingerprint density at radius 1 is 0.679 bits per heavy atom. The Kier molecular flexibility index (Phi) is 4.63. The van der Waals surface area contributed by atoms with Gasteiger partial charge in [-0.3, -0.25) is 14.2 Å². The van der Waals surface area contributed by atoms with E-state index in [1.54, 1.807) is 18.2 Å². The number of nitrogens with zero attached hydrogens (tertiary/aromatic N) is 6. The van der Waals surface area contributed by atoms with Crippen LogP contribution in [-0.4, -0.2) is 9.36 Å². The number of benzene rings is 3. The number of rotatable bonds is 4. The van der Waals surface area contributed by atoms with Crippen LogP contribution in [0.4, 0.5) is 22.7 Å². The molecule has 1 aliphatic heterocycles. The molecule has 0 bridgehead atoms. The molecule has 138 valence electrons. The smallest absolute Gasteiger partial charge is 0.208 e.